The highest BCUT2D eigenvalue weighted by Crippen LogP contribution is 2.36. The molecule has 1 atom stereocenters. The highest BCUT2D eigenvalue weighted by molar-refractivity contribution is 5.44. The zero-order valence-corrected chi connectivity index (χ0v) is 11.9. The Hall–Kier alpha value is -1.88. The van der Waals surface area contributed by atoms with Crippen molar-refractivity contribution in [3.8, 4) is 5.75 Å². The molecule has 2 rings (SSSR count). The van der Waals surface area contributed by atoms with Crippen molar-refractivity contribution in [2.45, 2.75) is 32.4 Å². The molecule has 1 aromatic carbocycles. The van der Waals surface area contributed by atoms with Crippen LogP contribution in [0.4, 0.5) is 4.39 Å². The number of benzene rings is 1. The third-order valence-corrected chi connectivity index (χ3v) is 3.33. The maximum atomic E-state index is 14.1. The number of rotatable bonds is 5. The van der Waals surface area contributed by atoms with E-state index in [2.05, 4.69) is 5.10 Å². The zero-order chi connectivity index (χ0) is 14.8. The first-order valence-corrected chi connectivity index (χ1v) is 6.59. The molecule has 108 valence electrons. The normalized spacial score (nSPS) is 14.1. The lowest BCUT2D eigenvalue weighted by atomic mass is 9.89. The van der Waals surface area contributed by atoms with Crippen LogP contribution >= 0.6 is 0 Å². The molecule has 1 unspecified atom stereocenters. The van der Waals surface area contributed by atoms with Gasteiger partial charge in [0.15, 0.2) is 0 Å². The molecular weight excluding hydrogens is 259 g/mol. The van der Waals surface area contributed by atoms with Crippen molar-refractivity contribution in [3.05, 3.63) is 47.5 Å². The van der Waals surface area contributed by atoms with Crippen molar-refractivity contribution in [2.75, 3.05) is 7.11 Å². The van der Waals surface area contributed by atoms with Crippen LogP contribution in [-0.2, 0) is 12.1 Å². The number of methoxy groups -OCH3 is 1. The minimum absolute atomic E-state index is 0.124. The minimum atomic E-state index is -1.50. The van der Waals surface area contributed by atoms with Crippen LogP contribution in [-0.4, -0.2) is 22.0 Å². The first-order valence-electron chi connectivity index (χ1n) is 6.59. The summed E-state index contributed by atoms with van der Waals surface area (Å²) in [4.78, 5) is 0. The predicted octanol–water partition coefficient (Wildman–Crippen LogP) is 2.70. The summed E-state index contributed by atoms with van der Waals surface area (Å²) in [5.41, 5.74) is -0.837. The Bertz CT molecular complexity index is 593. The largest absolute Gasteiger partial charge is 0.496 e. The van der Waals surface area contributed by atoms with Crippen molar-refractivity contribution >= 4 is 0 Å². The zero-order valence-electron chi connectivity index (χ0n) is 11.9. The van der Waals surface area contributed by atoms with Gasteiger partial charge in [-0.2, -0.15) is 5.10 Å². The summed E-state index contributed by atoms with van der Waals surface area (Å²) >= 11 is 0. The van der Waals surface area contributed by atoms with Crippen LogP contribution in [0.3, 0.4) is 0 Å². The number of nitrogens with zero attached hydrogens (tertiary/aromatic N) is 2. The van der Waals surface area contributed by atoms with E-state index in [4.69, 9.17) is 4.74 Å². The number of aryl methyl sites for hydroxylation is 1. The number of aliphatic hydroxyl groups is 1. The second-order valence-electron chi connectivity index (χ2n) is 4.88. The fourth-order valence-electron chi connectivity index (χ4n) is 2.26. The van der Waals surface area contributed by atoms with Gasteiger partial charge in [-0.1, -0.05) is 13.0 Å². The number of aromatic nitrogens is 2. The standard InChI is InChI=1S/C15H19FN2O2/c1-4-8-18-10-11(9-17-18)15(2,19)14-12(16)6-5-7-13(14)20-3/h5-7,9-10,19H,4,8H2,1-3H3. The van der Waals surface area contributed by atoms with E-state index in [1.807, 2.05) is 6.92 Å². The summed E-state index contributed by atoms with van der Waals surface area (Å²) in [5, 5.41) is 14.9. The maximum absolute atomic E-state index is 14.1. The van der Waals surface area contributed by atoms with E-state index in [0.717, 1.165) is 13.0 Å². The van der Waals surface area contributed by atoms with Crippen LogP contribution in [0.15, 0.2) is 30.6 Å². The molecule has 0 radical (unpaired) electrons. The van der Waals surface area contributed by atoms with Crippen LogP contribution < -0.4 is 4.74 Å². The molecule has 4 nitrogen and oxygen atoms in total. The number of hydrogen-bond acceptors (Lipinski definition) is 3. The van der Waals surface area contributed by atoms with Gasteiger partial charge in [0.2, 0.25) is 0 Å². The van der Waals surface area contributed by atoms with Gasteiger partial charge in [-0.25, -0.2) is 4.39 Å². The summed E-state index contributed by atoms with van der Waals surface area (Å²) in [7, 11) is 1.45. The number of ether oxygens (including phenoxy) is 1. The lowest BCUT2D eigenvalue weighted by Crippen LogP contribution is -2.24. The number of hydrogen-bond donors (Lipinski definition) is 1. The van der Waals surface area contributed by atoms with Crippen LogP contribution in [0, 0.1) is 5.82 Å². The van der Waals surface area contributed by atoms with Gasteiger partial charge in [-0.05, 0) is 25.5 Å². The van der Waals surface area contributed by atoms with Crippen LogP contribution in [0.2, 0.25) is 0 Å². The van der Waals surface area contributed by atoms with Gasteiger partial charge in [0.1, 0.15) is 17.2 Å². The molecule has 0 aliphatic rings. The van der Waals surface area contributed by atoms with Crippen molar-refractivity contribution in [1.82, 2.24) is 9.78 Å². The predicted molar refractivity (Wildman–Crippen MR) is 74.1 cm³/mol. The molecule has 0 amide bonds. The highest BCUT2D eigenvalue weighted by Gasteiger charge is 2.33. The molecular formula is C15H19FN2O2. The Balaban J connectivity index is 2.48. The number of halogens is 1. The summed E-state index contributed by atoms with van der Waals surface area (Å²) in [6.45, 7) is 4.34. The van der Waals surface area contributed by atoms with Gasteiger partial charge < -0.3 is 9.84 Å². The van der Waals surface area contributed by atoms with E-state index in [9.17, 15) is 9.50 Å². The molecule has 0 saturated heterocycles. The quantitative estimate of drug-likeness (QED) is 0.914. The molecule has 1 N–H and O–H groups in total. The first-order chi connectivity index (χ1) is 9.50. The Labute approximate surface area is 117 Å². The fourth-order valence-corrected chi connectivity index (χ4v) is 2.26. The van der Waals surface area contributed by atoms with Crippen LogP contribution in [0.25, 0.3) is 0 Å². The smallest absolute Gasteiger partial charge is 0.133 e. The summed E-state index contributed by atoms with van der Waals surface area (Å²) in [5.74, 6) is -0.184. The van der Waals surface area contributed by atoms with E-state index in [1.165, 1.54) is 13.2 Å². The second kappa shape index (κ2) is 5.63. The molecule has 0 bridgehead atoms. The Morgan fingerprint density at radius 3 is 2.85 bits per heavy atom. The second-order valence-corrected chi connectivity index (χ2v) is 4.88. The molecule has 5 heteroatoms. The van der Waals surface area contributed by atoms with Gasteiger partial charge in [0.25, 0.3) is 0 Å². The van der Waals surface area contributed by atoms with Crippen LogP contribution in [0.5, 0.6) is 5.75 Å². The minimum Gasteiger partial charge on any atom is -0.496 e. The average molecular weight is 278 g/mol. The highest BCUT2D eigenvalue weighted by atomic mass is 19.1. The van der Waals surface area contributed by atoms with E-state index in [1.54, 1.807) is 36.1 Å². The van der Waals surface area contributed by atoms with Crippen molar-refractivity contribution < 1.29 is 14.2 Å². The van der Waals surface area contributed by atoms with Gasteiger partial charge in [-0.15, -0.1) is 0 Å². The molecule has 0 aliphatic carbocycles. The third kappa shape index (κ3) is 2.54. The monoisotopic (exact) mass is 278 g/mol. The van der Waals surface area contributed by atoms with Crippen LogP contribution in [0.1, 0.15) is 31.4 Å². The van der Waals surface area contributed by atoms with Gasteiger partial charge >= 0.3 is 0 Å². The van der Waals surface area contributed by atoms with Gasteiger partial charge in [0.05, 0.1) is 18.9 Å². The maximum Gasteiger partial charge on any atom is 0.133 e. The lowest BCUT2D eigenvalue weighted by molar-refractivity contribution is 0.0944. The SMILES string of the molecule is CCCn1cc(C(C)(O)c2c(F)cccc2OC)cn1. The molecule has 2 aromatic rings. The summed E-state index contributed by atoms with van der Waals surface area (Å²) in [6, 6.07) is 4.49. The Morgan fingerprint density at radius 2 is 2.20 bits per heavy atom. The van der Waals surface area contributed by atoms with E-state index >= 15 is 0 Å². The Kier molecular flexibility index (Phi) is 4.09. The topological polar surface area (TPSA) is 47.3 Å². The van der Waals surface area contributed by atoms with E-state index in [0.29, 0.717) is 11.3 Å². The fraction of sp³-hybridized carbons (Fsp3) is 0.400. The van der Waals surface area contributed by atoms with Gasteiger partial charge in [-0.3, -0.25) is 4.68 Å². The first kappa shape index (κ1) is 14.5. The molecule has 1 aromatic heterocycles. The lowest BCUT2D eigenvalue weighted by Gasteiger charge is -2.25. The van der Waals surface area contributed by atoms with Crippen molar-refractivity contribution in [3.63, 3.8) is 0 Å². The third-order valence-electron chi connectivity index (χ3n) is 3.33. The van der Waals surface area contributed by atoms with Crippen molar-refractivity contribution in [1.29, 1.82) is 0 Å². The Morgan fingerprint density at radius 1 is 1.45 bits per heavy atom. The molecule has 0 aliphatic heterocycles. The summed E-state index contributed by atoms with van der Waals surface area (Å²) in [6.07, 6.45) is 4.23. The molecule has 0 fully saturated rings. The van der Waals surface area contributed by atoms with E-state index in [-0.39, 0.29) is 5.56 Å². The average Bonchev–Trinajstić information content (AvgIpc) is 2.88. The summed E-state index contributed by atoms with van der Waals surface area (Å²) < 4.78 is 21.0. The molecule has 20 heavy (non-hydrogen) atoms. The molecule has 0 saturated carbocycles. The molecule has 1 heterocycles. The molecule has 0 spiro atoms. The van der Waals surface area contributed by atoms with Crippen molar-refractivity contribution in [2.24, 2.45) is 0 Å². The van der Waals surface area contributed by atoms with Gasteiger partial charge in [0, 0.05) is 18.3 Å². The van der Waals surface area contributed by atoms with E-state index < -0.39 is 11.4 Å².